The molecule has 94 valence electrons. The Labute approximate surface area is 102 Å². The van der Waals surface area contributed by atoms with Crippen LogP contribution in [0, 0.1) is 5.92 Å². The Morgan fingerprint density at radius 1 is 1.41 bits per heavy atom. The molecule has 0 aromatic heterocycles. The van der Waals surface area contributed by atoms with Gasteiger partial charge in [-0.15, -0.1) is 0 Å². The Bertz CT molecular complexity index is 349. The number of benzene rings is 1. The number of hydrogen-bond acceptors (Lipinski definition) is 3. The van der Waals surface area contributed by atoms with Gasteiger partial charge in [0.15, 0.2) is 0 Å². The molecule has 1 aromatic carbocycles. The molecule has 1 aromatic rings. The zero-order chi connectivity index (χ0) is 12.7. The summed E-state index contributed by atoms with van der Waals surface area (Å²) in [5.41, 5.74) is 7.28. The van der Waals surface area contributed by atoms with Crippen LogP contribution in [0.5, 0.6) is 0 Å². The lowest BCUT2D eigenvalue weighted by molar-refractivity contribution is 0.128. The van der Waals surface area contributed by atoms with Crippen LogP contribution >= 0.6 is 0 Å². The maximum absolute atomic E-state index is 11.3. The molecule has 0 bridgehead atoms. The first-order valence-corrected chi connectivity index (χ1v) is 5.87. The van der Waals surface area contributed by atoms with E-state index in [1.165, 1.54) is 0 Å². The molecule has 1 amide bonds. The third-order valence-electron chi connectivity index (χ3n) is 2.61. The molecule has 4 nitrogen and oxygen atoms in total. The number of nitrogens with one attached hydrogen (secondary N) is 1. The van der Waals surface area contributed by atoms with Crippen molar-refractivity contribution in [1.29, 1.82) is 0 Å². The minimum atomic E-state index is -0.373. The van der Waals surface area contributed by atoms with Crippen molar-refractivity contribution in [2.75, 3.05) is 12.3 Å². The highest BCUT2D eigenvalue weighted by molar-refractivity contribution is 5.67. The standard InChI is InChI=1S/C13H20N2O2/c1-3-10(2)9-17-13(16)15-8-11-4-6-12(14)7-5-11/h4-7,10H,3,8-9,14H2,1-2H3,(H,15,16). The van der Waals surface area contributed by atoms with Gasteiger partial charge in [-0.1, -0.05) is 32.4 Å². The van der Waals surface area contributed by atoms with Gasteiger partial charge in [0.05, 0.1) is 6.61 Å². The Kier molecular flexibility index (Phi) is 5.33. The van der Waals surface area contributed by atoms with Gasteiger partial charge >= 0.3 is 6.09 Å². The van der Waals surface area contributed by atoms with Crippen LogP contribution in [-0.2, 0) is 11.3 Å². The predicted molar refractivity (Wildman–Crippen MR) is 68.5 cm³/mol. The monoisotopic (exact) mass is 236 g/mol. The number of amides is 1. The molecule has 1 atom stereocenters. The van der Waals surface area contributed by atoms with Crippen molar-refractivity contribution in [3.05, 3.63) is 29.8 Å². The molecule has 0 spiro atoms. The van der Waals surface area contributed by atoms with Gasteiger partial charge in [0, 0.05) is 12.2 Å². The van der Waals surface area contributed by atoms with E-state index in [-0.39, 0.29) is 6.09 Å². The molecule has 1 unspecified atom stereocenters. The van der Waals surface area contributed by atoms with E-state index in [4.69, 9.17) is 10.5 Å². The molecular weight excluding hydrogens is 216 g/mol. The van der Waals surface area contributed by atoms with E-state index < -0.39 is 0 Å². The van der Waals surface area contributed by atoms with E-state index >= 15 is 0 Å². The highest BCUT2D eigenvalue weighted by Gasteiger charge is 2.05. The summed E-state index contributed by atoms with van der Waals surface area (Å²) in [5, 5.41) is 2.70. The molecule has 0 aliphatic heterocycles. The Morgan fingerprint density at radius 2 is 2.06 bits per heavy atom. The molecule has 17 heavy (non-hydrogen) atoms. The smallest absolute Gasteiger partial charge is 0.407 e. The van der Waals surface area contributed by atoms with Crippen LogP contribution in [0.15, 0.2) is 24.3 Å². The van der Waals surface area contributed by atoms with Crippen molar-refractivity contribution in [2.45, 2.75) is 26.8 Å². The molecule has 0 fully saturated rings. The average Bonchev–Trinajstić information content (AvgIpc) is 2.35. The summed E-state index contributed by atoms with van der Waals surface area (Å²) in [6.45, 7) is 5.04. The lowest BCUT2D eigenvalue weighted by Crippen LogP contribution is -2.25. The van der Waals surface area contributed by atoms with E-state index in [1.807, 2.05) is 31.2 Å². The van der Waals surface area contributed by atoms with Gasteiger partial charge in [0.25, 0.3) is 0 Å². The fourth-order valence-corrected chi connectivity index (χ4v) is 1.20. The van der Waals surface area contributed by atoms with Crippen molar-refractivity contribution < 1.29 is 9.53 Å². The number of nitrogen functional groups attached to an aromatic ring is 1. The quantitative estimate of drug-likeness (QED) is 0.772. The number of rotatable bonds is 5. The summed E-state index contributed by atoms with van der Waals surface area (Å²) >= 11 is 0. The van der Waals surface area contributed by atoms with Gasteiger partial charge in [0.2, 0.25) is 0 Å². The highest BCUT2D eigenvalue weighted by atomic mass is 16.5. The van der Waals surface area contributed by atoms with Gasteiger partial charge in [-0.25, -0.2) is 4.79 Å². The highest BCUT2D eigenvalue weighted by Crippen LogP contribution is 2.05. The van der Waals surface area contributed by atoms with Gasteiger partial charge in [-0.05, 0) is 23.6 Å². The topological polar surface area (TPSA) is 64.3 Å². The van der Waals surface area contributed by atoms with E-state index in [0.717, 1.165) is 12.0 Å². The van der Waals surface area contributed by atoms with Crippen LogP contribution in [-0.4, -0.2) is 12.7 Å². The average molecular weight is 236 g/mol. The number of anilines is 1. The summed E-state index contributed by atoms with van der Waals surface area (Å²) in [6, 6.07) is 7.37. The van der Waals surface area contributed by atoms with E-state index in [2.05, 4.69) is 12.2 Å². The number of ether oxygens (including phenoxy) is 1. The SMILES string of the molecule is CCC(C)COC(=O)NCc1ccc(N)cc1. The molecule has 0 aliphatic carbocycles. The Hall–Kier alpha value is -1.71. The number of nitrogens with two attached hydrogens (primary N) is 1. The normalized spacial score (nSPS) is 11.9. The van der Waals surface area contributed by atoms with Gasteiger partial charge in [-0.3, -0.25) is 0 Å². The molecular formula is C13H20N2O2. The fraction of sp³-hybridized carbons (Fsp3) is 0.462. The van der Waals surface area contributed by atoms with Crippen molar-refractivity contribution in [3.8, 4) is 0 Å². The molecule has 3 N–H and O–H groups in total. The second-order valence-electron chi connectivity index (χ2n) is 4.21. The minimum Gasteiger partial charge on any atom is -0.449 e. The number of hydrogen-bond donors (Lipinski definition) is 2. The molecule has 0 aliphatic rings. The molecule has 1 rings (SSSR count). The summed E-state index contributed by atoms with van der Waals surface area (Å²) in [5.74, 6) is 0.400. The maximum Gasteiger partial charge on any atom is 0.407 e. The molecule has 0 heterocycles. The second-order valence-corrected chi connectivity index (χ2v) is 4.21. The minimum absolute atomic E-state index is 0.373. The van der Waals surface area contributed by atoms with Crippen LogP contribution in [0.1, 0.15) is 25.8 Å². The first kappa shape index (κ1) is 13.4. The van der Waals surface area contributed by atoms with E-state index in [0.29, 0.717) is 24.8 Å². The summed E-state index contributed by atoms with van der Waals surface area (Å²) < 4.78 is 5.07. The number of carbonyl (C=O) groups excluding carboxylic acids is 1. The summed E-state index contributed by atoms with van der Waals surface area (Å²) in [6.07, 6.45) is 0.632. The van der Waals surface area contributed by atoms with Crippen LogP contribution in [0.3, 0.4) is 0 Å². The molecule has 4 heteroatoms. The Morgan fingerprint density at radius 3 is 2.65 bits per heavy atom. The first-order valence-electron chi connectivity index (χ1n) is 5.87. The zero-order valence-corrected chi connectivity index (χ0v) is 10.4. The predicted octanol–water partition coefficient (Wildman–Crippen LogP) is 2.54. The van der Waals surface area contributed by atoms with Gasteiger partial charge in [0.1, 0.15) is 0 Å². The zero-order valence-electron chi connectivity index (χ0n) is 10.4. The third kappa shape index (κ3) is 5.24. The van der Waals surface area contributed by atoms with Crippen molar-refractivity contribution in [2.24, 2.45) is 5.92 Å². The lowest BCUT2D eigenvalue weighted by Gasteiger charge is -2.10. The molecule has 0 radical (unpaired) electrons. The van der Waals surface area contributed by atoms with Crippen LogP contribution in [0.2, 0.25) is 0 Å². The summed E-state index contributed by atoms with van der Waals surface area (Å²) in [7, 11) is 0. The van der Waals surface area contributed by atoms with Gasteiger partial charge < -0.3 is 15.8 Å². The first-order chi connectivity index (χ1) is 8.11. The van der Waals surface area contributed by atoms with Crippen molar-refractivity contribution >= 4 is 11.8 Å². The van der Waals surface area contributed by atoms with Crippen molar-refractivity contribution in [1.82, 2.24) is 5.32 Å². The molecule has 0 saturated carbocycles. The number of alkyl carbamates (subject to hydrolysis) is 1. The molecule has 0 saturated heterocycles. The summed E-state index contributed by atoms with van der Waals surface area (Å²) in [4.78, 5) is 11.3. The van der Waals surface area contributed by atoms with E-state index in [9.17, 15) is 4.79 Å². The van der Waals surface area contributed by atoms with E-state index in [1.54, 1.807) is 0 Å². The fourth-order valence-electron chi connectivity index (χ4n) is 1.20. The van der Waals surface area contributed by atoms with Crippen molar-refractivity contribution in [3.63, 3.8) is 0 Å². The van der Waals surface area contributed by atoms with Crippen LogP contribution in [0.25, 0.3) is 0 Å². The van der Waals surface area contributed by atoms with Crippen LogP contribution in [0.4, 0.5) is 10.5 Å². The third-order valence-corrected chi connectivity index (χ3v) is 2.61. The van der Waals surface area contributed by atoms with Gasteiger partial charge in [-0.2, -0.15) is 0 Å². The largest absolute Gasteiger partial charge is 0.449 e. The second kappa shape index (κ2) is 6.78. The maximum atomic E-state index is 11.3. The Balaban J connectivity index is 2.26. The van der Waals surface area contributed by atoms with Crippen LogP contribution < -0.4 is 11.1 Å². The number of carbonyl (C=O) groups is 1. The lowest BCUT2D eigenvalue weighted by atomic mass is 10.1.